The van der Waals surface area contributed by atoms with Crippen molar-refractivity contribution in [3.8, 4) is 0 Å². The van der Waals surface area contributed by atoms with Gasteiger partial charge in [-0.25, -0.2) is 8.42 Å². The molecule has 0 spiro atoms. The Morgan fingerprint density at radius 3 is 2.18 bits per heavy atom. The Hall–Kier alpha value is -1.38. The lowest BCUT2D eigenvalue weighted by atomic mass is 10.3. The van der Waals surface area contributed by atoms with E-state index in [1.807, 2.05) is 0 Å². The standard InChI is InChI=1S/C14H12Br2N2O3S/c15-10-5-7-11(8-6-10)22(20,21)18(9-14(17)19)13-4-2-1-3-12(13)16/h1-8H,9H2,(H2,17,19). The van der Waals surface area contributed by atoms with Gasteiger partial charge in [0.25, 0.3) is 10.0 Å². The van der Waals surface area contributed by atoms with Gasteiger partial charge >= 0.3 is 0 Å². The minimum absolute atomic E-state index is 0.0766. The molecule has 2 aromatic carbocycles. The number of rotatable bonds is 5. The van der Waals surface area contributed by atoms with E-state index >= 15 is 0 Å². The highest BCUT2D eigenvalue weighted by Gasteiger charge is 2.27. The van der Waals surface area contributed by atoms with Crippen molar-refractivity contribution in [3.63, 3.8) is 0 Å². The summed E-state index contributed by atoms with van der Waals surface area (Å²) >= 11 is 6.55. The van der Waals surface area contributed by atoms with Gasteiger partial charge in [0, 0.05) is 8.95 Å². The number of nitrogens with two attached hydrogens (primary N) is 1. The predicted molar refractivity (Wildman–Crippen MR) is 92.0 cm³/mol. The first kappa shape index (κ1) is 17.0. The Labute approximate surface area is 145 Å². The molecule has 116 valence electrons. The second-order valence-electron chi connectivity index (χ2n) is 4.38. The van der Waals surface area contributed by atoms with Gasteiger partial charge in [-0.05, 0) is 52.3 Å². The molecule has 0 atom stereocenters. The van der Waals surface area contributed by atoms with Crippen LogP contribution in [0, 0.1) is 0 Å². The summed E-state index contributed by atoms with van der Waals surface area (Å²) in [5.74, 6) is -0.739. The first-order valence-electron chi connectivity index (χ1n) is 6.13. The molecule has 8 heteroatoms. The number of benzene rings is 2. The molecule has 0 radical (unpaired) electrons. The van der Waals surface area contributed by atoms with Crippen LogP contribution in [-0.4, -0.2) is 20.9 Å². The van der Waals surface area contributed by atoms with Gasteiger partial charge in [0.15, 0.2) is 0 Å². The molecule has 0 saturated carbocycles. The number of hydrogen-bond acceptors (Lipinski definition) is 3. The maximum absolute atomic E-state index is 12.8. The Morgan fingerprint density at radius 2 is 1.64 bits per heavy atom. The Balaban J connectivity index is 2.56. The van der Waals surface area contributed by atoms with Crippen molar-refractivity contribution in [2.75, 3.05) is 10.8 Å². The summed E-state index contributed by atoms with van der Waals surface area (Å²) in [4.78, 5) is 11.4. The van der Waals surface area contributed by atoms with Gasteiger partial charge in [-0.1, -0.05) is 28.1 Å². The smallest absolute Gasteiger partial charge is 0.264 e. The highest BCUT2D eigenvalue weighted by atomic mass is 79.9. The number of anilines is 1. The largest absolute Gasteiger partial charge is 0.368 e. The number of amides is 1. The number of sulfonamides is 1. The van der Waals surface area contributed by atoms with Gasteiger partial charge < -0.3 is 5.73 Å². The topological polar surface area (TPSA) is 80.5 Å². The number of nitrogens with zero attached hydrogens (tertiary/aromatic N) is 1. The molecule has 0 aliphatic carbocycles. The number of primary amides is 1. The molecule has 1 amide bonds. The van der Waals surface area contributed by atoms with Crippen LogP contribution in [0.1, 0.15) is 0 Å². The van der Waals surface area contributed by atoms with Crippen LogP contribution in [0.25, 0.3) is 0 Å². The summed E-state index contributed by atoms with van der Waals surface area (Å²) in [5, 5.41) is 0. The molecule has 2 aromatic rings. The SMILES string of the molecule is NC(=O)CN(c1ccccc1Br)S(=O)(=O)c1ccc(Br)cc1. The fourth-order valence-corrected chi connectivity index (χ4v) is 4.16. The van der Waals surface area contributed by atoms with E-state index in [4.69, 9.17) is 5.73 Å². The number of halogens is 2. The molecular weight excluding hydrogens is 436 g/mol. The molecule has 0 bridgehead atoms. The fourth-order valence-electron chi connectivity index (χ4n) is 1.83. The highest BCUT2D eigenvalue weighted by Crippen LogP contribution is 2.30. The Bertz CT molecular complexity index is 792. The zero-order chi connectivity index (χ0) is 16.3. The van der Waals surface area contributed by atoms with Crippen molar-refractivity contribution in [1.29, 1.82) is 0 Å². The first-order chi connectivity index (χ1) is 10.3. The second-order valence-corrected chi connectivity index (χ2v) is 8.02. The molecule has 0 heterocycles. The van der Waals surface area contributed by atoms with Crippen molar-refractivity contribution in [2.24, 2.45) is 5.73 Å². The van der Waals surface area contributed by atoms with E-state index in [9.17, 15) is 13.2 Å². The van der Waals surface area contributed by atoms with Crippen LogP contribution in [0.15, 0.2) is 62.4 Å². The van der Waals surface area contributed by atoms with Gasteiger partial charge in [0.05, 0.1) is 10.6 Å². The van der Waals surface area contributed by atoms with Gasteiger partial charge in [0.1, 0.15) is 6.54 Å². The molecule has 2 N–H and O–H groups in total. The molecule has 5 nitrogen and oxygen atoms in total. The minimum Gasteiger partial charge on any atom is -0.368 e. The summed E-state index contributed by atoms with van der Waals surface area (Å²) in [6.45, 7) is -0.443. The summed E-state index contributed by atoms with van der Waals surface area (Å²) < 4.78 is 27.9. The van der Waals surface area contributed by atoms with E-state index in [0.29, 0.717) is 10.2 Å². The monoisotopic (exact) mass is 446 g/mol. The van der Waals surface area contributed by atoms with E-state index in [-0.39, 0.29) is 4.90 Å². The van der Waals surface area contributed by atoms with Crippen molar-refractivity contribution in [1.82, 2.24) is 0 Å². The van der Waals surface area contributed by atoms with Gasteiger partial charge in [-0.2, -0.15) is 0 Å². The number of carbonyl (C=O) groups is 1. The van der Waals surface area contributed by atoms with Crippen molar-refractivity contribution < 1.29 is 13.2 Å². The van der Waals surface area contributed by atoms with E-state index in [1.165, 1.54) is 12.1 Å². The molecule has 0 aliphatic rings. The molecule has 0 aliphatic heterocycles. The number of hydrogen-bond donors (Lipinski definition) is 1. The van der Waals surface area contributed by atoms with Crippen LogP contribution in [0.5, 0.6) is 0 Å². The zero-order valence-electron chi connectivity index (χ0n) is 11.2. The third kappa shape index (κ3) is 3.68. The van der Waals surface area contributed by atoms with E-state index in [1.54, 1.807) is 36.4 Å². The summed E-state index contributed by atoms with van der Waals surface area (Å²) in [6, 6.07) is 12.9. The molecule has 0 fully saturated rings. The molecule has 0 unspecified atom stereocenters. The maximum Gasteiger partial charge on any atom is 0.264 e. The Morgan fingerprint density at radius 1 is 1.05 bits per heavy atom. The van der Waals surface area contributed by atoms with Gasteiger partial charge in [-0.15, -0.1) is 0 Å². The van der Waals surface area contributed by atoms with Gasteiger partial charge in [-0.3, -0.25) is 9.10 Å². The number of carbonyl (C=O) groups excluding carboxylic acids is 1. The van der Waals surface area contributed by atoms with Crippen molar-refractivity contribution in [3.05, 3.63) is 57.5 Å². The third-order valence-electron chi connectivity index (χ3n) is 2.82. The molecule has 0 saturated heterocycles. The fraction of sp³-hybridized carbons (Fsp3) is 0.0714. The van der Waals surface area contributed by atoms with Crippen LogP contribution >= 0.6 is 31.9 Å². The lowest BCUT2D eigenvalue weighted by molar-refractivity contribution is -0.116. The number of para-hydroxylation sites is 1. The highest BCUT2D eigenvalue weighted by molar-refractivity contribution is 9.10. The van der Waals surface area contributed by atoms with Crippen molar-refractivity contribution >= 4 is 53.5 Å². The Kier molecular flexibility index (Phi) is 5.25. The minimum atomic E-state index is -3.91. The predicted octanol–water partition coefficient (Wildman–Crippen LogP) is 2.89. The van der Waals surface area contributed by atoms with Crippen LogP contribution in [0.4, 0.5) is 5.69 Å². The third-order valence-corrected chi connectivity index (χ3v) is 5.80. The van der Waals surface area contributed by atoms with Crippen molar-refractivity contribution in [2.45, 2.75) is 4.90 Å². The van der Waals surface area contributed by atoms with Gasteiger partial charge in [0.2, 0.25) is 5.91 Å². The molecular formula is C14H12Br2N2O3S. The van der Waals surface area contributed by atoms with E-state index < -0.39 is 22.5 Å². The van der Waals surface area contributed by atoms with E-state index in [0.717, 1.165) is 8.78 Å². The summed E-state index contributed by atoms with van der Waals surface area (Å²) in [6.07, 6.45) is 0. The van der Waals surface area contributed by atoms with Crippen LogP contribution in [-0.2, 0) is 14.8 Å². The summed E-state index contributed by atoms with van der Waals surface area (Å²) in [5.41, 5.74) is 5.56. The zero-order valence-corrected chi connectivity index (χ0v) is 15.2. The van der Waals surface area contributed by atoms with E-state index in [2.05, 4.69) is 31.9 Å². The molecule has 22 heavy (non-hydrogen) atoms. The quantitative estimate of drug-likeness (QED) is 0.765. The maximum atomic E-state index is 12.8. The lowest BCUT2D eigenvalue weighted by Gasteiger charge is -2.24. The van der Waals surface area contributed by atoms with Crippen LogP contribution in [0.3, 0.4) is 0 Å². The molecule has 0 aromatic heterocycles. The average molecular weight is 448 g/mol. The van der Waals surface area contributed by atoms with Crippen LogP contribution < -0.4 is 10.0 Å². The lowest BCUT2D eigenvalue weighted by Crippen LogP contribution is -2.38. The average Bonchev–Trinajstić information content (AvgIpc) is 2.46. The first-order valence-corrected chi connectivity index (χ1v) is 9.16. The normalized spacial score (nSPS) is 11.2. The molecule has 2 rings (SSSR count). The van der Waals surface area contributed by atoms with Crippen LogP contribution in [0.2, 0.25) is 0 Å². The summed E-state index contributed by atoms with van der Waals surface area (Å²) in [7, 11) is -3.91. The second kappa shape index (κ2) is 6.80.